The minimum Gasteiger partial charge on any atom is -0.489 e. The Hall–Kier alpha value is -1.55. The van der Waals surface area contributed by atoms with E-state index in [0.29, 0.717) is 0 Å². The molecule has 1 atom stereocenters. The van der Waals surface area contributed by atoms with Crippen LogP contribution in [0, 0.1) is 0 Å². The number of benzene rings is 1. The average Bonchev–Trinajstić information content (AvgIpc) is 2.84. The lowest BCUT2D eigenvalue weighted by atomic mass is 10.2. The highest BCUT2D eigenvalue weighted by Gasteiger charge is 2.22. The Kier molecular flexibility index (Phi) is 4.20. The van der Waals surface area contributed by atoms with E-state index in [9.17, 15) is 4.79 Å². The minimum atomic E-state index is -0.0721. The Morgan fingerprint density at radius 2 is 2.22 bits per heavy atom. The summed E-state index contributed by atoms with van der Waals surface area (Å²) in [6.45, 7) is 4.86. The quantitative estimate of drug-likeness (QED) is 0.858. The highest BCUT2D eigenvalue weighted by Crippen LogP contribution is 2.25. The van der Waals surface area contributed by atoms with Crippen LogP contribution in [0.5, 0.6) is 5.75 Å². The first-order valence-electron chi connectivity index (χ1n) is 6.47. The standard InChI is InChI=1S/C14H20N2O2/c1-10(2)18-13-8-4-3-6-11(13)16-14(17)12-7-5-9-15-12/h3-4,6,8,10,12,15H,5,7,9H2,1-2H3,(H,16,17)/t12-/m0/s1. The SMILES string of the molecule is CC(C)Oc1ccccc1NC(=O)[C@@H]1CCCN1. The Morgan fingerprint density at radius 3 is 2.89 bits per heavy atom. The van der Waals surface area contributed by atoms with E-state index in [1.165, 1.54) is 0 Å². The summed E-state index contributed by atoms with van der Waals surface area (Å²) in [5, 5.41) is 6.12. The van der Waals surface area contributed by atoms with E-state index in [4.69, 9.17) is 4.74 Å². The summed E-state index contributed by atoms with van der Waals surface area (Å²) in [6, 6.07) is 7.46. The van der Waals surface area contributed by atoms with Crippen molar-refractivity contribution in [1.82, 2.24) is 5.32 Å². The van der Waals surface area contributed by atoms with Gasteiger partial charge in [-0.1, -0.05) is 12.1 Å². The molecule has 0 bridgehead atoms. The topological polar surface area (TPSA) is 50.4 Å². The Bertz CT molecular complexity index is 412. The molecule has 1 aliphatic rings. The molecule has 98 valence electrons. The summed E-state index contributed by atoms with van der Waals surface area (Å²) in [4.78, 5) is 12.0. The smallest absolute Gasteiger partial charge is 0.241 e. The van der Waals surface area contributed by atoms with E-state index in [1.807, 2.05) is 38.1 Å². The van der Waals surface area contributed by atoms with Crippen molar-refractivity contribution in [2.45, 2.75) is 38.8 Å². The highest BCUT2D eigenvalue weighted by molar-refractivity contribution is 5.96. The number of hydrogen-bond acceptors (Lipinski definition) is 3. The Morgan fingerprint density at radius 1 is 1.44 bits per heavy atom. The minimum absolute atomic E-state index is 0.0207. The first-order valence-corrected chi connectivity index (χ1v) is 6.47. The van der Waals surface area contributed by atoms with E-state index < -0.39 is 0 Å². The summed E-state index contributed by atoms with van der Waals surface area (Å²) < 4.78 is 5.67. The third-order valence-corrected chi connectivity index (χ3v) is 2.88. The fraction of sp³-hybridized carbons (Fsp3) is 0.500. The largest absolute Gasteiger partial charge is 0.489 e. The lowest BCUT2D eigenvalue weighted by Gasteiger charge is -2.16. The number of carbonyl (C=O) groups is 1. The highest BCUT2D eigenvalue weighted by atomic mass is 16.5. The van der Waals surface area contributed by atoms with E-state index in [1.54, 1.807) is 0 Å². The third-order valence-electron chi connectivity index (χ3n) is 2.88. The van der Waals surface area contributed by atoms with E-state index in [2.05, 4.69) is 10.6 Å². The lowest BCUT2D eigenvalue weighted by Crippen LogP contribution is -2.35. The maximum atomic E-state index is 12.0. The van der Waals surface area contributed by atoms with Crippen molar-refractivity contribution in [2.24, 2.45) is 0 Å². The Balaban J connectivity index is 2.05. The first kappa shape index (κ1) is 12.9. The summed E-state index contributed by atoms with van der Waals surface area (Å²) in [7, 11) is 0. The molecule has 2 N–H and O–H groups in total. The first-order chi connectivity index (χ1) is 8.66. The van der Waals surface area contributed by atoms with Gasteiger partial charge in [-0.25, -0.2) is 0 Å². The lowest BCUT2D eigenvalue weighted by molar-refractivity contribution is -0.117. The average molecular weight is 248 g/mol. The van der Waals surface area contributed by atoms with Gasteiger partial charge in [0, 0.05) is 0 Å². The summed E-state index contributed by atoms with van der Waals surface area (Å²) in [5.41, 5.74) is 0.741. The molecule has 0 saturated carbocycles. The van der Waals surface area contributed by atoms with Crippen LogP contribution < -0.4 is 15.4 Å². The number of para-hydroxylation sites is 2. The van der Waals surface area contributed by atoms with Gasteiger partial charge in [-0.05, 0) is 45.4 Å². The second kappa shape index (κ2) is 5.87. The van der Waals surface area contributed by atoms with Crippen molar-refractivity contribution in [2.75, 3.05) is 11.9 Å². The van der Waals surface area contributed by atoms with Gasteiger partial charge < -0.3 is 15.4 Å². The molecule has 1 aliphatic heterocycles. The molecule has 2 rings (SSSR count). The molecule has 1 heterocycles. The second-order valence-electron chi connectivity index (χ2n) is 4.80. The van der Waals surface area contributed by atoms with Crippen molar-refractivity contribution in [3.8, 4) is 5.75 Å². The van der Waals surface area contributed by atoms with Crippen LogP contribution in [0.1, 0.15) is 26.7 Å². The van der Waals surface area contributed by atoms with Crippen molar-refractivity contribution in [3.63, 3.8) is 0 Å². The number of rotatable bonds is 4. The molecule has 1 aromatic rings. The zero-order valence-corrected chi connectivity index (χ0v) is 10.9. The van der Waals surface area contributed by atoms with Gasteiger partial charge in [0.25, 0.3) is 0 Å². The number of carbonyl (C=O) groups excluding carboxylic acids is 1. The third kappa shape index (κ3) is 3.23. The van der Waals surface area contributed by atoms with Crippen molar-refractivity contribution >= 4 is 11.6 Å². The molecule has 1 aromatic carbocycles. The molecule has 1 amide bonds. The normalized spacial score (nSPS) is 18.9. The zero-order chi connectivity index (χ0) is 13.0. The molecule has 4 heteroatoms. The van der Waals surface area contributed by atoms with Crippen LogP contribution in [0.25, 0.3) is 0 Å². The van der Waals surface area contributed by atoms with Crippen molar-refractivity contribution in [3.05, 3.63) is 24.3 Å². The predicted octanol–water partition coefficient (Wildman–Crippen LogP) is 2.16. The predicted molar refractivity (Wildman–Crippen MR) is 71.9 cm³/mol. The zero-order valence-electron chi connectivity index (χ0n) is 10.9. The van der Waals surface area contributed by atoms with Crippen molar-refractivity contribution < 1.29 is 9.53 Å². The number of nitrogens with one attached hydrogen (secondary N) is 2. The fourth-order valence-electron chi connectivity index (χ4n) is 2.05. The van der Waals surface area contributed by atoms with E-state index in [-0.39, 0.29) is 18.1 Å². The van der Waals surface area contributed by atoms with Crippen LogP contribution in [-0.4, -0.2) is 24.6 Å². The van der Waals surface area contributed by atoms with E-state index >= 15 is 0 Å². The van der Waals surface area contributed by atoms with Gasteiger partial charge >= 0.3 is 0 Å². The molecule has 4 nitrogen and oxygen atoms in total. The van der Waals surface area contributed by atoms with Crippen LogP contribution >= 0.6 is 0 Å². The van der Waals surface area contributed by atoms with Gasteiger partial charge in [-0.15, -0.1) is 0 Å². The maximum Gasteiger partial charge on any atom is 0.241 e. The molecule has 1 saturated heterocycles. The molecule has 18 heavy (non-hydrogen) atoms. The molecule has 1 fully saturated rings. The molecule has 0 unspecified atom stereocenters. The van der Waals surface area contributed by atoms with E-state index in [0.717, 1.165) is 30.8 Å². The molecular weight excluding hydrogens is 228 g/mol. The number of hydrogen-bond donors (Lipinski definition) is 2. The van der Waals surface area contributed by atoms with Gasteiger partial charge in [0.2, 0.25) is 5.91 Å². The number of amides is 1. The monoisotopic (exact) mass is 248 g/mol. The molecule has 0 aromatic heterocycles. The summed E-state index contributed by atoms with van der Waals surface area (Å²) in [6.07, 6.45) is 2.05. The van der Waals surface area contributed by atoms with Crippen LogP contribution in [-0.2, 0) is 4.79 Å². The molecular formula is C14H20N2O2. The Labute approximate surface area is 108 Å². The fourth-order valence-corrected chi connectivity index (χ4v) is 2.05. The van der Waals surface area contributed by atoms with Gasteiger partial charge in [0.15, 0.2) is 0 Å². The van der Waals surface area contributed by atoms with Crippen molar-refractivity contribution in [1.29, 1.82) is 0 Å². The summed E-state index contributed by atoms with van der Waals surface area (Å²) >= 11 is 0. The van der Waals surface area contributed by atoms with Gasteiger partial charge in [-0.3, -0.25) is 4.79 Å². The number of anilines is 1. The van der Waals surface area contributed by atoms with Crippen LogP contribution in [0.15, 0.2) is 24.3 Å². The van der Waals surface area contributed by atoms with Gasteiger partial charge in [0.05, 0.1) is 17.8 Å². The number of ether oxygens (including phenoxy) is 1. The second-order valence-corrected chi connectivity index (χ2v) is 4.80. The maximum absolute atomic E-state index is 12.0. The van der Waals surface area contributed by atoms with Crippen LogP contribution in [0.4, 0.5) is 5.69 Å². The van der Waals surface area contributed by atoms with Gasteiger partial charge in [-0.2, -0.15) is 0 Å². The van der Waals surface area contributed by atoms with Gasteiger partial charge in [0.1, 0.15) is 5.75 Å². The molecule has 0 spiro atoms. The van der Waals surface area contributed by atoms with Crippen LogP contribution in [0.3, 0.4) is 0 Å². The summed E-state index contributed by atoms with van der Waals surface area (Å²) in [5.74, 6) is 0.742. The molecule has 0 aliphatic carbocycles. The molecule has 0 radical (unpaired) electrons. The van der Waals surface area contributed by atoms with Crippen LogP contribution in [0.2, 0.25) is 0 Å².